The summed E-state index contributed by atoms with van der Waals surface area (Å²) in [6, 6.07) is 7.82. The zero-order valence-corrected chi connectivity index (χ0v) is 12.4. The number of aromatic nitrogens is 2. The van der Waals surface area contributed by atoms with E-state index in [4.69, 9.17) is 5.73 Å². The number of anilines is 1. The molecule has 0 spiro atoms. The van der Waals surface area contributed by atoms with Crippen LogP contribution in [0.3, 0.4) is 0 Å². The van der Waals surface area contributed by atoms with E-state index in [0.29, 0.717) is 5.82 Å². The monoisotopic (exact) mass is 320 g/mol. The summed E-state index contributed by atoms with van der Waals surface area (Å²) < 4.78 is 0.963. The van der Waals surface area contributed by atoms with Gasteiger partial charge in [0.15, 0.2) is 0 Å². The van der Waals surface area contributed by atoms with Crippen LogP contribution in [0.25, 0.3) is 0 Å². The predicted molar refractivity (Wildman–Crippen MR) is 80.7 cm³/mol. The van der Waals surface area contributed by atoms with Gasteiger partial charge >= 0.3 is 0 Å². The zero-order chi connectivity index (χ0) is 13.7. The highest BCUT2D eigenvalue weighted by molar-refractivity contribution is 9.10. The number of nitrogens with two attached hydrogens (primary N) is 1. The number of nitrogens with one attached hydrogen (secondary N) is 1. The average molecular weight is 321 g/mol. The molecule has 0 aromatic carbocycles. The van der Waals surface area contributed by atoms with Crippen LogP contribution in [0.4, 0.5) is 5.82 Å². The quantitative estimate of drug-likeness (QED) is 0.889. The summed E-state index contributed by atoms with van der Waals surface area (Å²) in [6.07, 6.45) is 4.54. The van der Waals surface area contributed by atoms with Gasteiger partial charge in [0.25, 0.3) is 0 Å². The lowest BCUT2D eigenvalue weighted by molar-refractivity contribution is 0.586. The van der Waals surface area contributed by atoms with Crippen molar-refractivity contribution in [1.29, 1.82) is 0 Å². The minimum Gasteiger partial charge on any atom is -0.383 e. The van der Waals surface area contributed by atoms with Gasteiger partial charge in [-0.1, -0.05) is 13.0 Å². The number of halogens is 1. The number of hydrogen-bond acceptors (Lipinski definition) is 4. The van der Waals surface area contributed by atoms with Crippen molar-refractivity contribution in [1.82, 2.24) is 15.3 Å². The van der Waals surface area contributed by atoms with Crippen LogP contribution in [0.1, 0.15) is 30.6 Å². The Balaban J connectivity index is 2.35. The second-order valence-electron chi connectivity index (χ2n) is 4.27. The Morgan fingerprint density at radius 3 is 2.79 bits per heavy atom. The number of hydrogen-bond donors (Lipinski definition) is 2. The van der Waals surface area contributed by atoms with Crippen molar-refractivity contribution in [3.8, 4) is 0 Å². The lowest BCUT2D eigenvalue weighted by atomic mass is 10.0. The molecule has 0 fully saturated rings. The summed E-state index contributed by atoms with van der Waals surface area (Å²) in [6.45, 7) is 3.03. The molecule has 2 aromatic rings. The third-order valence-corrected chi connectivity index (χ3v) is 3.30. The molecule has 0 saturated heterocycles. The van der Waals surface area contributed by atoms with E-state index in [0.717, 1.165) is 28.7 Å². The highest BCUT2D eigenvalue weighted by atomic mass is 79.9. The Morgan fingerprint density at radius 1 is 1.32 bits per heavy atom. The minimum absolute atomic E-state index is 0.0262. The minimum atomic E-state index is -0.0262. The summed E-state index contributed by atoms with van der Waals surface area (Å²) >= 11 is 3.40. The van der Waals surface area contributed by atoms with Gasteiger partial charge in [-0.25, -0.2) is 4.98 Å². The van der Waals surface area contributed by atoms with Gasteiger partial charge in [-0.05, 0) is 47.1 Å². The lowest BCUT2D eigenvalue weighted by Gasteiger charge is -2.19. The first-order valence-corrected chi connectivity index (χ1v) is 7.07. The van der Waals surface area contributed by atoms with Crippen LogP contribution in [-0.2, 0) is 0 Å². The fraction of sp³-hybridized carbons (Fsp3) is 0.286. The van der Waals surface area contributed by atoms with E-state index in [1.807, 2.05) is 24.3 Å². The van der Waals surface area contributed by atoms with Gasteiger partial charge in [0, 0.05) is 22.4 Å². The van der Waals surface area contributed by atoms with Crippen LogP contribution in [0.5, 0.6) is 0 Å². The summed E-state index contributed by atoms with van der Waals surface area (Å²) in [7, 11) is 0. The molecule has 0 aliphatic rings. The number of rotatable bonds is 5. The molecule has 2 rings (SSSR count). The normalized spacial score (nSPS) is 12.3. The molecule has 1 unspecified atom stereocenters. The first-order chi connectivity index (χ1) is 9.22. The van der Waals surface area contributed by atoms with Gasteiger partial charge in [-0.15, -0.1) is 0 Å². The number of nitrogen functional groups attached to an aromatic ring is 1. The molecule has 1 atom stereocenters. The van der Waals surface area contributed by atoms with Gasteiger partial charge in [-0.3, -0.25) is 4.98 Å². The molecule has 4 nitrogen and oxygen atoms in total. The fourth-order valence-electron chi connectivity index (χ4n) is 1.89. The number of pyridine rings is 2. The molecule has 0 aliphatic heterocycles. The van der Waals surface area contributed by atoms with E-state index in [-0.39, 0.29) is 6.04 Å². The second-order valence-corrected chi connectivity index (χ2v) is 5.18. The Labute approximate surface area is 121 Å². The van der Waals surface area contributed by atoms with Crippen LogP contribution in [0, 0.1) is 0 Å². The Kier molecular flexibility index (Phi) is 4.87. The van der Waals surface area contributed by atoms with Gasteiger partial charge in [0.1, 0.15) is 5.82 Å². The molecule has 2 heterocycles. The van der Waals surface area contributed by atoms with Crippen molar-refractivity contribution in [2.45, 2.75) is 19.4 Å². The first-order valence-electron chi connectivity index (χ1n) is 6.27. The Bertz CT molecular complexity index is 527. The van der Waals surface area contributed by atoms with Crippen LogP contribution in [-0.4, -0.2) is 16.5 Å². The van der Waals surface area contributed by atoms with Gasteiger partial charge in [0.05, 0.1) is 11.7 Å². The van der Waals surface area contributed by atoms with E-state index >= 15 is 0 Å². The Hall–Kier alpha value is -1.46. The molecule has 0 amide bonds. The molecule has 0 radical (unpaired) electrons. The summed E-state index contributed by atoms with van der Waals surface area (Å²) in [4.78, 5) is 8.61. The van der Waals surface area contributed by atoms with Crippen molar-refractivity contribution in [2.75, 3.05) is 12.3 Å². The highest BCUT2D eigenvalue weighted by Crippen LogP contribution is 2.24. The maximum absolute atomic E-state index is 5.97. The summed E-state index contributed by atoms with van der Waals surface area (Å²) in [5.41, 5.74) is 7.88. The van der Waals surface area contributed by atoms with Crippen molar-refractivity contribution in [3.05, 3.63) is 52.4 Å². The third-order valence-electron chi connectivity index (χ3n) is 2.83. The van der Waals surface area contributed by atoms with Gasteiger partial charge in [-0.2, -0.15) is 0 Å². The van der Waals surface area contributed by atoms with Crippen LogP contribution in [0.15, 0.2) is 41.1 Å². The topological polar surface area (TPSA) is 63.8 Å². The summed E-state index contributed by atoms with van der Waals surface area (Å²) in [5, 5.41) is 3.46. The van der Waals surface area contributed by atoms with Crippen molar-refractivity contribution in [2.24, 2.45) is 0 Å². The van der Waals surface area contributed by atoms with Gasteiger partial charge in [0.2, 0.25) is 0 Å². The molecule has 2 aromatic heterocycles. The molecule has 19 heavy (non-hydrogen) atoms. The van der Waals surface area contributed by atoms with Crippen molar-refractivity contribution in [3.63, 3.8) is 0 Å². The van der Waals surface area contributed by atoms with Crippen molar-refractivity contribution >= 4 is 21.7 Å². The molecule has 100 valence electrons. The molecule has 0 bridgehead atoms. The van der Waals surface area contributed by atoms with E-state index in [1.165, 1.54) is 0 Å². The smallest absolute Gasteiger partial charge is 0.128 e. The zero-order valence-electron chi connectivity index (χ0n) is 10.8. The maximum atomic E-state index is 5.97. The van der Waals surface area contributed by atoms with E-state index in [9.17, 15) is 0 Å². The predicted octanol–water partition coefficient (Wildman–Crippen LogP) is 2.91. The highest BCUT2D eigenvalue weighted by Gasteiger charge is 2.17. The third kappa shape index (κ3) is 3.52. The standard InChI is InChI=1S/C14H17BrN4/c1-2-7-17-13(11-4-3-8-18-14(11)16)12-6-5-10(15)9-19-12/h3-6,8-9,13,17H,2,7H2,1H3,(H2,16,18). The molecular formula is C14H17BrN4. The van der Waals surface area contributed by atoms with Gasteiger partial charge < -0.3 is 11.1 Å². The molecule has 0 saturated carbocycles. The average Bonchev–Trinajstić information content (AvgIpc) is 2.43. The van der Waals surface area contributed by atoms with E-state index in [2.05, 4.69) is 38.1 Å². The van der Waals surface area contributed by atoms with Crippen LogP contribution in [0.2, 0.25) is 0 Å². The fourth-order valence-corrected chi connectivity index (χ4v) is 2.13. The Morgan fingerprint density at radius 2 is 2.16 bits per heavy atom. The molecular weight excluding hydrogens is 304 g/mol. The number of nitrogens with zero attached hydrogens (tertiary/aromatic N) is 2. The lowest BCUT2D eigenvalue weighted by Crippen LogP contribution is -2.25. The SMILES string of the molecule is CCCNC(c1ccc(Br)cn1)c1cccnc1N. The van der Waals surface area contributed by atoms with E-state index in [1.54, 1.807) is 12.4 Å². The first kappa shape index (κ1) is 14.0. The maximum Gasteiger partial charge on any atom is 0.128 e. The van der Waals surface area contributed by atoms with Crippen molar-refractivity contribution < 1.29 is 0 Å². The largest absolute Gasteiger partial charge is 0.383 e. The second kappa shape index (κ2) is 6.63. The summed E-state index contributed by atoms with van der Waals surface area (Å²) in [5.74, 6) is 0.542. The van der Waals surface area contributed by atoms with Crippen LogP contribution < -0.4 is 11.1 Å². The van der Waals surface area contributed by atoms with Crippen LogP contribution >= 0.6 is 15.9 Å². The molecule has 5 heteroatoms. The molecule has 0 aliphatic carbocycles. The molecule has 3 N–H and O–H groups in total. The van der Waals surface area contributed by atoms with E-state index < -0.39 is 0 Å².